The normalized spacial score (nSPS) is 36.2. The Bertz CT molecular complexity index is 1080. The van der Waals surface area contributed by atoms with Gasteiger partial charge in [0.15, 0.2) is 6.17 Å². The van der Waals surface area contributed by atoms with Gasteiger partial charge in [-0.15, -0.1) is 11.6 Å². The Morgan fingerprint density at radius 3 is 2.69 bits per heavy atom. The van der Waals surface area contributed by atoms with Crippen LogP contribution in [0.15, 0.2) is 33.4 Å². The van der Waals surface area contributed by atoms with Crippen LogP contribution < -0.4 is 5.32 Å². The van der Waals surface area contributed by atoms with E-state index in [0.717, 1.165) is 25.7 Å². The molecule has 1 amide bonds. The molecule has 5 aliphatic rings. The quantitative estimate of drug-likeness (QED) is 0.592. The number of hydrogen-bond acceptors (Lipinski definition) is 6. The Labute approximate surface area is 210 Å². The van der Waals surface area contributed by atoms with Crippen LogP contribution in [0.4, 0.5) is 9.18 Å². The van der Waals surface area contributed by atoms with Gasteiger partial charge in [-0.2, -0.15) is 5.26 Å². The number of aliphatic imine (C=N–C) groups is 2. The highest BCUT2D eigenvalue weighted by Crippen LogP contribution is 2.46. The number of ether oxygens (including phenoxy) is 1. The molecule has 8 nitrogen and oxygen atoms in total. The molecule has 3 atom stereocenters. The van der Waals surface area contributed by atoms with Crippen molar-refractivity contribution < 1.29 is 13.9 Å². The fourth-order valence-corrected chi connectivity index (χ4v) is 5.33. The zero-order chi connectivity index (χ0) is 25.1. The molecule has 0 aromatic rings. The van der Waals surface area contributed by atoms with Crippen molar-refractivity contribution in [1.29, 1.82) is 5.26 Å². The average Bonchev–Trinajstić information content (AvgIpc) is 3.73. The lowest BCUT2D eigenvalue weighted by molar-refractivity contribution is 0.0104. The van der Waals surface area contributed by atoms with Crippen molar-refractivity contribution >= 4 is 29.9 Å². The van der Waals surface area contributed by atoms with Gasteiger partial charge >= 0.3 is 6.09 Å². The molecule has 1 N–H and O–H groups in total. The van der Waals surface area contributed by atoms with Crippen molar-refractivity contribution in [2.75, 3.05) is 26.2 Å². The average molecular weight is 503 g/mol. The highest BCUT2D eigenvalue weighted by Gasteiger charge is 2.55. The summed E-state index contributed by atoms with van der Waals surface area (Å²) in [6.45, 7) is 7.78. The summed E-state index contributed by atoms with van der Waals surface area (Å²) in [4.78, 5) is 24.9. The highest BCUT2D eigenvalue weighted by molar-refractivity contribution is 6.26. The van der Waals surface area contributed by atoms with Gasteiger partial charge in [0.05, 0.1) is 23.0 Å². The molecular weight excluding hydrogens is 471 g/mol. The summed E-state index contributed by atoms with van der Waals surface area (Å²) >= 11 is 6.63. The van der Waals surface area contributed by atoms with Crippen LogP contribution in [0.5, 0.6) is 0 Å². The zero-order valence-corrected chi connectivity index (χ0v) is 21.2. The predicted octanol–water partition coefficient (Wildman–Crippen LogP) is 3.69. The first-order valence-corrected chi connectivity index (χ1v) is 12.6. The minimum atomic E-state index is -1.46. The van der Waals surface area contributed by atoms with Crippen LogP contribution in [0.1, 0.15) is 52.9 Å². The molecule has 2 heterocycles. The maximum Gasteiger partial charge on any atom is 0.410 e. The van der Waals surface area contributed by atoms with Gasteiger partial charge in [0.25, 0.3) is 0 Å². The van der Waals surface area contributed by atoms with E-state index >= 15 is 4.39 Å². The number of halogens is 2. The molecule has 0 radical (unpaired) electrons. The SMILES string of the molecule is CC1(OC(=O)N2CCN(CC3(C)N=CNC(=NC4=CC=C(C#N)CC4(C)Cl)C3F)C3(CC3)C2)CC1. The van der Waals surface area contributed by atoms with Gasteiger partial charge < -0.3 is 15.0 Å². The smallest absolute Gasteiger partial charge is 0.410 e. The number of hydrogen-bond donors (Lipinski definition) is 1. The first kappa shape index (κ1) is 24.3. The summed E-state index contributed by atoms with van der Waals surface area (Å²) in [6.07, 6.45) is 7.28. The minimum Gasteiger partial charge on any atom is -0.443 e. The van der Waals surface area contributed by atoms with Gasteiger partial charge in [-0.05, 0) is 58.6 Å². The maximum atomic E-state index is 15.9. The van der Waals surface area contributed by atoms with Gasteiger partial charge in [0, 0.05) is 43.7 Å². The Balaban J connectivity index is 1.29. The van der Waals surface area contributed by atoms with Crippen molar-refractivity contribution in [2.45, 2.75) is 80.6 Å². The van der Waals surface area contributed by atoms with Crippen molar-refractivity contribution in [3.63, 3.8) is 0 Å². The van der Waals surface area contributed by atoms with E-state index < -0.39 is 16.6 Å². The number of carbonyl (C=O) groups excluding carboxylic acids is 1. The van der Waals surface area contributed by atoms with E-state index in [9.17, 15) is 10.1 Å². The van der Waals surface area contributed by atoms with Crippen molar-refractivity contribution in [3.8, 4) is 6.07 Å². The molecule has 35 heavy (non-hydrogen) atoms. The Morgan fingerprint density at radius 1 is 1.31 bits per heavy atom. The molecule has 3 unspecified atom stereocenters. The van der Waals surface area contributed by atoms with Crippen LogP contribution in [-0.2, 0) is 4.74 Å². The second kappa shape index (κ2) is 8.31. The number of amidine groups is 1. The van der Waals surface area contributed by atoms with Gasteiger partial charge in [-0.25, -0.2) is 14.2 Å². The number of alkyl halides is 2. The summed E-state index contributed by atoms with van der Waals surface area (Å²) in [5.41, 5.74) is -0.388. The lowest BCUT2D eigenvalue weighted by atomic mass is 9.90. The third-order valence-electron chi connectivity index (χ3n) is 7.92. The van der Waals surface area contributed by atoms with Crippen molar-refractivity contribution in [2.24, 2.45) is 9.98 Å². The van der Waals surface area contributed by atoms with Gasteiger partial charge in [-0.3, -0.25) is 9.89 Å². The molecule has 2 aliphatic heterocycles. The minimum absolute atomic E-state index is 0.138. The van der Waals surface area contributed by atoms with Crippen LogP contribution in [0.2, 0.25) is 0 Å². The molecule has 188 valence electrons. The molecule has 1 spiro atoms. The maximum absolute atomic E-state index is 15.9. The number of nitrogens with one attached hydrogen (secondary N) is 1. The number of nitriles is 1. The van der Waals surface area contributed by atoms with Gasteiger partial charge in [-0.1, -0.05) is 0 Å². The van der Waals surface area contributed by atoms with E-state index in [2.05, 4.69) is 26.3 Å². The molecule has 1 saturated heterocycles. The molecule has 10 heteroatoms. The Kier molecular flexibility index (Phi) is 5.76. The van der Waals surface area contributed by atoms with Crippen LogP contribution in [-0.4, -0.2) is 82.0 Å². The van der Waals surface area contributed by atoms with E-state index in [4.69, 9.17) is 16.3 Å². The second-order valence-corrected chi connectivity index (χ2v) is 12.1. The number of nitrogens with zero attached hydrogens (tertiary/aromatic N) is 5. The Hall–Kier alpha value is -2.44. The van der Waals surface area contributed by atoms with Gasteiger partial charge in [0.2, 0.25) is 0 Å². The van der Waals surface area contributed by atoms with Crippen molar-refractivity contribution in [1.82, 2.24) is 15.1 Å². The molecule has 2 saturated carbocycles. The number of carbonyl (C=O) groups is 1. The fraction of sp³-hybridized carbons (Fsp3) is 0.680. The number of piperazine rings is 1. The topological polar surface area (TPSA) is 93.3 Å². The van der Waals surface area contributed by atoms with Gasteiger partial charge in [0.1, 0.15) is 17.0 Å². The summed E-state index contributed by atoms with van der Waals surface area (Å²) in [5, 5.41) is 12.0. The van der Waals surface area contributed by atoms with Crippen LogP contribution >= 0.6 is 11.6 Å². The first-order chi connectivity index (χ1) is 16.5. The van der Waals surface area contributed by atoms with Crippen LogP contribution in [0.3, 0.4) is 0 Å². The van der Waals surface area contributed by atoms with Crippen LogP contribution in [0.25, 0.3) is 0 Å². The third-order valence-corrected chi connectivity index (χ3v) is 8.25. The standard InChI is InChI=1S/C25H32ClFN6O2/c1-22(6-7-22)35-21(34)32-10-11-33(25(15-32)8-9-25)14-24(3)19(27)20(29-16-30-24)31-18-5-4-17(13-28)12-23(18,2)26/h4-5,16,19H,6-12,14-15H2,1-3H3,(H,29,30,31). The number of allylic oxidation sites excluding steroid dienone is 4. The molecule has 3 aliphatic carbocycles. The summed E-state index contributed by atoms with van der Waals surface area (Å²) < 4.78 is 21.6. The molecule has 0 aromatic heterocycles. The molecule has 5 rings (SSSR count). The van der Waals surface area contributed by atoms with E-state index in [1.807, 2.05) is 6.92 Å². The molecule has 0 aromatic carbocycles. The predicted molar refractivity (Wildman–Crippen MR) is 132 cm³/mol. The van der Waals surface area contributed by atoms with E-state index in [0.29, 0.717) is 43.9 Å². The molecule has 0 bridgehead atoms. The summed E-state index contributed by atoms with van der Waals surface area (Å²) in [6, 6.07) is 2.12. The molecule has 3 fully saturated rings. The zero-order valence-electron chi connectivity index (χ0n) is 20.5. The lowest BCUT2D eigenvalue weighted by Gasteiger charge is -2.46. The van der Waals surface area contributed by atoms with E-state index in [1.165, 1.54) is 6.34 Å². The third kappa shape index (κ3) is 4.70. The summed E-state index contributed by atoms with van der Waals surface area (Å²) in [5.74, 6) is 0.166. The Morgan fingerprint density at radius 2 is 2.06 bits per heavy atom. The largest absolute Gasteiger partial charge is 0.443 e. The number of rotatable bonds is 4. The van der Waals surface area contributed by atoms with Crippen molar-refractivity contribution in [3.05, 3.63) is 23.4 Å². The number of amides is 1. The van der Waals surface area contributed by atoms with E-state index in [-0.39, 0.29) is 23.1 Å². The summed E-state index contributed by atoms with van der Waals surface area (Å²) in [7, 11) is 0. The second-order valence-electron chi connectivity index (χ2n) is 11.2. The lowest BCUT2D eigenvalue weighted by Crippen LogP contribution is -2.63. The monoisotopic (exact) mass is 502 g/mol. The fourth-order valence-electron chi connectivity index (χ4n) is 5.08. The highest BCUT2D eigenvalue weighted by atomic mass is 35.5. The molecular formula is C25H32ClFN6O2. The van der Waals surface area contributed by atoms with Crippen LogP contribution in [0, 0.1) is 11.3 Å². The van der Waals surface area contributed by atoms with E-state index in [1.54, 1.807) is 30.9 Å². The first-order valence-electron chi connectivity index (χ1n) is 12.2.